The second kappa shape index (κ2) is 3.99. The van der Waals surface area contributed by atoms with Crippen LogP contribution >= 0.6 is 0 Å². The molecule has 0 radical (unpaired) electrons. The summed E-state index contributed by atoms with van der Waals surface area (Å²) in [5, 5.41) is 8.43. The molecule has 76 valence electrons. The van der Waals surface area contributed by atoms with Gasteiger partial charge in [0, 0.05) is 0 Å². The molecular weight excluding hydrogens is 201 g/mol. The Morgan fingerprint density at radius 1 is 1.43 bits per heavy atom. The third-order valence-electron chi connectivity index (χ3n) is 1.39. The van der Waals surface area contributed by atoms with Crippen molar-refractivity contribution < 1.29 is 27.8 Å². The first-order valence-corrected chi connectivity index (χ1v) is 3.48. The number of rotatable bonds is 3. The van der Waals surface area contributed by atoms with Crippen molar-refractivity contribution in [3.63, 3.8) is 0 Å². The Kier molecular flexibility index (Phi) is 2.95. The molecule has 0 aliphatic heterocycles. The summed E-state index contributed by atoms with van der Waals surface area (Å²) in [6.45, 7) is -3.14. The minimum atomic E-state index is -3.14. The lowest BCUT2D eigenvalue weighted by atomic mass is 10.2. The maximum Gasteiger partial charge on any atom is 0.387 e. The van der Waals surface area contributed by atoms with E-state index in [4.69, 9.17) is 5.11 Å². The molecule has 1 N–H and O–H groups in total. The van der Waals surface area contributed by atoms with E-state index in [1.165, 1.54) is 0 Å². The lowest BCUT2D eigenvalue weighted by Crippen LogP contribution is -2.05. The fraction of sp³-hybridized carbons (Fsp3) is 0.125. The number of aromatic carboxylic acids is 1. The van der Waals surface area contributed by atoms with Crippen molar-refractivity contribution in [3.8, 4) is 5.75 Å². The minimum Gasteiger partial charge on any atom is -0.478 e. The number of alkyl halides is 2. The van der Waals surface area contributed by atoms with Crippen LogP contribution in [-0.2, 0) is 0 Å². The third kappa shape index (κ3) is 2.38. The Morgan fingerprint density at radius 2 is 2.07 bits per heavy atom. The van der Waals surface area contributed by atoms with Gasteiger partial charge in [0.15, 0.2) is 11.6 Å². The molecule has 0 aliphatic rings. The van der Waals surface area contributed by atoms with Gasteiger partial charge in [-0.05, 0) is 18.2 Å². The summed E-state index contributed by atoms with van der Waals surface area (Å²) in [7, 11) is 0. The molecule has 0 aromatic heterocycles. The summed E-state index contributed by atoms with van der Waals surface area (Å²) in [5.41, 5.74) is -0.330. The fourth-order valence-electron chi connectivity index (χ4n) is 0.825. The predicted molar refractivity (Wildman–Crippen MR) is 40.0 cm³/mol. The maximum atomic E-state index is 12.8. The predicted octanol–water partition coefficient (Wildman–Crippen LogP) is 2.13. The van der Waals surface area contributed by atoms with Gasteiger partial charge in [-0.25, -0.2) is 9.18 Å². The second-order valence-electron chi connectivity index (χ2n) is 2.33. The number of halogens is 3. The summed E-state index contributed by atoms with van der Waals surface area (Å²) in [4.78, 5) is 10.3. The molecule has 0 unspecified atom stereocenters. The molecule has 0 saturated carbocycles. The highest BCUT2D eigenvalue weighted by atomic mass is 19.3. The van der Waals surface area contributed by atoms with Crippen LogP contribution in [0.1, 0.15) is 10.4 Å². The highest BCUT2D eigenvalue weighted by molar-refractivity contribution is 5.87. The Morgan fingerprint density at radius 3 is 2.50 bits per heavy atom. The van der Waals surface area contributed by atoms with Crippen LogP contribution in [0.15, 0.2) is 18.2 Å². The van der Waals surface area contributed by atoms with Gasteiger partial charge < -0.3 is 9.84 Å². The van der Waals surface area contributed by atoms with Gasteiger partial charge in [0.25, 0.3) is 0 Å². The van der Waals surface area contributed by atoms with E-state index in [9.17, 15) is 18.0 Å². The molecule has 0 heterocycles. The van der Waals surface area contributed by atoms with Gasteiger partial charge in [-0.3, -0.25) is 0 Å². The average molecular weight is 206 g/mol. The van der Waals surface area contributed by atoms with Crippen molar-refractivity contribution in [1.82, 2.24) is 0 Å². The molecule has 1 aromatic rings. The highest BCUT2D eigenvalue weighted by Gasteiger charge is 2.12. The second-order valence-corrected chi connectivity index (χ2v) is 2.33. The van der Waals surface area contributed by atoms with Crippen LogP contribution in [0.2, 0.25) is 0 Å². The average Bonchev–Trinajstić information content (AvgIpc) is 2.07. The Labute approximate surface area is 76.7 Å². The number of carboxylic acids is 1. The van der Waals surface area contributed by atoms with Crippen LogP contribution in [0.3, 0.4) is 0 Å². The molecule has 0 amide bonds. The van der Waals surface area contributed by atoms with Crippen molar-refractivity contribution >= 4 is 5.97 Å². The first kappa shape index (κ1) is 10.4. The molecule has 0 aliphatic carbocycles. The number of carboxylic acid groups (broad SMARTS) is 1. The summed E-state index contributed by atoms with van der Waals surface area (Å²) in [5.74, 6) is -3.15. The van der Waals surface area contributed by atoms with E-state index in [1.54, 1.807) is 0 Å². The first-order valence-electron chi connectivity index (χ1n) is 3.48. The lowest BCUT2D eigenvalue weighted by molar-refractivity contribution is -0.0521. The van der Waals surface area contributed by atoms with Crippen LogP contribution in [0.25, 0.3) is 0 Å². The SMILES string of the molecule is O=C(O)c1ccc(OC(F)F)c(F)c1. The minimum absolute atomic E-state index is 0.330. The molecule has 1 rings (SSSR count). The quantitative estimate of drug-likeness (QED) is 0.823. The summed E-state index contributed by atoms with van der Waals surface area (Å²) in [6.07, 6.45) is 0. The Hall–Kier alpha value is -1.72. The smallest absolute Gasteiger partial charge is 0.387 e. The monoisotopic (exact) mass is 206 g/mol. The summed E-state index contributed by atoms with van der Waals surface area (Å²) < 4.78 is 39.9. The third-order valence-corrected chi connectivity index (χ3v) is 1.39. The van der Waals surface area contributed by atoms with Crippen LogP contribution in [0.5, 0.6) is 5.75 Å². The van der Waals surface area contributed by atoms with Crippen molar-refractivity contribution in [2.45, 2.75) is 6.61 Å². The normalized spacial score (nSPS) is 10.3. The van der Waals surface area contributed by atoms with Crippen molar-refractivity contribution in [2.75, 3.05) is 0 Å². The van der Waals surface area contributed by atoms with Crippen LogP contribution in [0, 0.1) is 5.82 Å². The number of hydrogen-bond donors (Lipinski definition) is 1. The topological polar surface area (TPSA) is 46.5 Å². The van der Waals surface area contributed by atoms with Crippen LogP contribution in [-0.4, -0.2) is 17.7 Å². The van der Waals surface area contributed by atoms with Crippen molar-refractivity contribution in [1.29, 1.82) is 0 Å². The van der Waals surface area contributed by atoms with Gasteiger partial charge in [-0.2, -0.15) is 8.78 Å². The molecule has 0 saturated heterocycles. The van der Waals surface area contributed by atoms with Crippen molar-refractivity contribution in [3.05, 3.63) is 29.6 Å². The molecule has 1 aromatic carbocycles. The van der Waals surface area contributed by atoms with Crippen molar-refractivity contribution in [2.24, 2.45) is 0 Å². The van der Waals surface area contributed by atoms with E-state index in [0.29, 0.717) is 6.07 Å². The zero-order chi connectivity index (χ0) is 10.7. The molecule has 6 heteroatoms. The molecule has 14 heavy (non-hydrogen) atoms. The summed E-state index contributed by atoms with van der Waals surface area (Å²) in [6, 6.07) is 2.42. The van der Waals surface area contributed by atoms with E-state index in [0.717, 1.165) is 12.1 Å². The molecule has 0 fully saturated rings. The van der Waals surface area contributed by atoms with E-state index in [2.05, 4.69) is 4.74 Å². The maximum absolute atomic E-state index is 12.8. The molecular formula is C8H5F3O3. The number of benzene rings is 1. The first-order chi connectivity index (χ1) is 6.50. The van der Waals surface area contributed by atoms with Gasteiger partial charge in [-0.1, -0.05) is 0 Å². The zero-order valence-electron chi connectivity index (χ0n) is 6.71. The van der Waals surface area contributed by atoms with Gasteiger partial charge in [-0.15, -0.1) is 0 Å². The Balaban J connectivity index is 2.95. The number of carbonyl (C=O) groups is 1. The standard InChI is InChI=1S/C8H5F3O3/c9-5-3-4(7(12)13)1-2-6(5)14-8(10)11/h1-3,8H,(H,12,13). The van der Waals surface area contributed by atoms with E-state index in [-0.39, 0.29) is 5.56 Å². The number of hydrogen-bond acceptors (Lipinski definition) is 2. The van der Waals surface area contributed by atoms with Gasteiger partial charge in [0.05, 0.1) is 5.56 Å². The molecule has 0 spiro atoms. The van der Waals surface area contributed by atoms with Gasteiger partial charge >= 0.3 is 12.6 Å². The summed E-state index contributed by atoms with van der Waals surface area (Å²) >= 11 is 0. The lowest BCUT2D eigenvalue weighted by Gasteiger charge is -2.05. The van der Waals surface area contributed by atoms with Crippen LogP contribution in [0.4, 0.5) is 13.2 Å². The molecule has 3 nitrogen and oxygen atoms in total. The molecule has 0 atom stereocenters. The van der Waals surface area contributed by atoms with Gasteiger partial charge in [0.2, 0.25) is 0 Å². The fourth-order valence-corrected chi connectivity index (χ4v) is 0.825. The van der Waals surface area contributed by atoms with Crippen LogP contribution < -0.4 is 4.74 Å². The zero-order valence-corrected chi connectivity index (χ0v) is 6.71. The van der Waals surface area contributed by atoms with E-state index in [1.807, 2.05) is 0 Å². The number of ether oxygens (including phenoxy) is 1. The Bertz CT molecular complexity index is 352. The largest absolute Gasteiger partial charge is 0.478 e. The van der Waals surface area contributed by atoms with E-state index >= 15 is 0 Å². The van der Waals surface area contributed by atoms with E-state index < -0.39 is 24.1 Å². The van der Waals surface area contributed by atoms with Gasteiger partial charge in [0.1, 0.15) is 0 Å². The molecule has 0 bridgehead atoms. The highest BCUT2D eigenvalue weighted by Crippen LogP contribution is 2.20.